The fourth-order valence-corrected chi connectivity index (χ4v) is 2.37. The average molecular weight is 283 g/mol. The number of rotatable bonds is 1. The van der Waals surface area contributed by atoms with Crippen molar-refractivity contribution in [3.63, 3.8) is 0 Å². The molecule has 84 valence electrons. The molecule has 2 aromatic rings. The van der Waals surface area contributed by atoms with Gasteiger partial charge in [0.1, 0.15) is 11.3 Å². The van der Waals surface area contributed by atoms with E-state index in [2.05, 4.69) is 25.9 Å². The van der Waals surface area contributed by atoms with Gasteiger partial charge in [0.05, 0.1) is 18.2 Å². The summed E-state index contributed by atoms with van der Waals surface area (Å²) in [5.74, 6) is 0.421. The first-order valence-corrected chi connectivity index (χ1v) is 5.57. The van der Waals surface area contributed by atoms with Gasteiger partial charge in [-0.15, -0.1) is 0 Å². The maximum Gasteiger partial charge on any atom is 0.340 e. The number of ether oxygens (including phenoxy) is 1. The molecular formula is C11H11BrN2O2. The molecule has 0 saturated heterocycles. The quantitative estimate of drug-likeness (QED) is 0.819. The second-order valence-electron chi connectivity index (χ2n) is 3.59. The van der Waals surface area contributed by atoms with Crippen LogP contribution in [0.15, 0.2) is 10.5 Å². The summed E-state index contributed by atoms with van der Waals surface area (Å²) in [6.07, 6.45) is 0. The molecule has 1 aromatic carbocycles. The van der Waals surface area contributed by atoms with E-state index in [1.807, 2.05) is 19.9 Å². The molecule has 16 heavy (non-hydrogen) atoms. The second kappa shape index (κ2) is 3.90. The number of H-pyrrole nitrogens is 1. The van der Waals surface area contributed by atoms with Gasteiger partial charge < -0.3 is 9.72 Å². The molecular weight excluding hydrogens is 272 g/mol. The fourth-order valence-electron chi connectivity index (χ4n) is 1.74. The average Bonchev–Trinajstić information content (AvgIpc) is 2.59. The first-order chi connectivity index (χ1) is 7.54. The minimum atomic E-state index is -0.348. The monoisotopic (exact) mass is 282 g/mol. The fraction of sp³-hybridized carbons (Fsp3) is 0.273. The number of esters is 1. The van der Waals surface area contributed by atoms with Crippen LogP contribution >= 0.6 is 15.9 Å². The van der Waals surface area contributed by atoms with Gasteiger partial charge >= 0.3 is 5.97 Å². The van der Waals surface area contributed by atoms with Gasteiger partial charge in [0.25, 0.3) is 0 Å². The van der Waals surface area contributed by atoms with E-state index in [1.165, 1.54) is 7.11 Å². The number of halogens is 1. The summed E-state index contributed by atoms with van der Waals surface area (Å²) >= 11 is 3.43. The lowest BCUT2D eigenvalue weighted by molar-refractivity contribution is 0.0602. The molecule has 1 N–H and O–H groups in total. The van der Waals surface area contributed by atoms with Crippen molar-refractivity contribution in [2.24, 2.45) is 0 Å². The Kier molecular flexibility index (Phi) is 2.71. The maximum atomic E-state index is 11.7. The summed E-state index contributed by atoms with van der Waals surface area (Å²) in [7, 11) is 1.37. The van der Waals surface area contributed by atoms with Gasteiger partial charge in [0.2, 0.25) is 0 Å². The summed E-state index contributed by atoms with van der Waals surface area (Å²) in [4.78, 5) is 19.1. The van der Waals surface area contributed by atoms with Gasteiger partial charge in [-0.25, -0.2) is 9.78 Å². The number of aromatic nitrogens is 2. The largest absolute Gasteiger partial charge is 0.465 e. The van der Waals surface area contributed by atoms with Crippen LogP contribution in [-0.2, 0) is 4.74 Å². The zero-order valence-electron chi connectivity index (χ0n) is 9.22. The Bertz CT molecular complexity index is 575. The van der Waals surface area contributed by atoms with Crippen molar-refractivity contribution in [3.8, 4) is 0 Å². The Hall–Kier alpha value is -1.36. The number of benzene rings is 1. The van der Waals surface area contributed by atoms with E-state index in [0.717, 1.165) is 26.9 Å². The zero-order valence-corrected chi connectivity index (χ0v) is 10.8. The molecule has 0 spiro atoms. The standard InChI is InChI=1S/C11H11BrN2O2/c1-5-4-7(12)9-10(14-6(2)13-9)8(5)11(15)16-3/h4H,1-3H3,(H,13,14). The van der Waals surface area contributed by atoms with E-state index in [9.17, 15) is 4.79 Å². The predicted molar refractivity (Wildman–Crippen MR) is 64.6 cm³/mol. The van der Waals surface area contributed by atoms with Crippen molar-refractivity contribution < 1.29 is 9.53 Å². The van der Waals surface area contributed by atoms with Crippen LogP contribution in [0.5, 0.6) is 0 Å². The molecule has 1 heterocycles. The van der Waals surface area contributed by atoms with E-state index in [1.54, 1.807) is 0 Å². The number of carbonyl (C=O) groups is 1. The van der Waals surface area contributed by atoms with E-state index in [-0.39, 0.29) is 5.97 Å². The van der Waals surface area contributed by atoms with Gasteiger partial charge in [-0.05, 0) is 41.4 Å². The Morgan fingerprint density at radius 3 is 2.81 bits per heavy atom. The van der Waals surface area contributed by atoms with Crippen LogP contribution < -0.4 is 0 Å². The highest BCUT2D eigenvalue weighted by Crippen LogP contribution is 2.28. The van der Waals surface area contributed by atoms with Crippen molar-refractivity contribution in [1.29, 1.82) is 0 Å². The maximum absolute atomic E-state index is 11.7. The Morgan fingerprint density at radius 2 is 2.19 bits per heavy atom. The normalized spacial score (nSPS) is 10.8. The summed E-state index contributed by atoms with van der Waals surface area (Å²) in [6, 6.07) is 1.87. The minimum absolute atomic E-state index is 0.348. The third-order valence-electron chi connectivity index (χ3n) is 2.43. The highest BCUT2D eigenvalue weighted by atomic mass is 79.9. The molecule has 2 rings (SSSR count). The van der Waals surface area contributed by atoms with Crippen LogP contribution in [-0.4, -0.2) is 23.0 Å². The minimum Gasteiger partial charge on any atom is -0.465 e. The number of imidazole rings is 1. The molecule has 0 atom stereocenters. The molecule has 5 heteroatoms. The lowest BCUT2D eigenvalue weighted by Gasteiger charge is -2.05. The first kappa shape index (κ1) is 11.1. The molecule has 0 amide bonds. The number of nitrogens with one attached hydrogen (secondary N) is 1. The topological polar surface area (TPSA) is 55.0 Å². The number of methoxy groups -OCH3 is 1. The van der Waals surface area contributed by atoms with Crippen molar-refractivity contribution in [2.75, 3.05) is 7.11 Å². The van der Waals surface area contributed by atoms with Crippen molar-refractivity contribution in [1.82, 2.24) is 9.97 Å². The molecule has 0 unspecified atom stereocenters. The number of aryl methyl sites for hydroxylation is 2. The van der Waals surface area contributed by atoms with Gasteiger partial charge in [-0.2, -0.15) is 0 Å². The molecule has 0 aliphatic heterocycles. The SMILES string of the molecule is COC(=O)c1c(C)cc(Br)c2nc(C)[nH]c12. The van der Waals surface area contributed by atoms with Gasteiger partial charge in [-0.1, -0.05) is 0 Å². The van der Waals surface area contributed by atoms with Crippen LogP contribution in [0.2, 0.25) is 0 Å². The molecule has 0 saturated carbocycles. The number of nitrogens with zero attached hydrogens (tertiary/aromatic N) is 1. The van der Waals surface area contributed by atoms with Crippen LogP contribution in [0.25, 0.3) is 11.0 Å². The third kappa shape index (κ3) is 1.61. The molecule has 1 aromatic heterocycles. The molecule has 4 nitrogen and oxygen atoms in total. The van der Waals surface area contributed by atoms with E-state index in [4.69, 9.17) is 4.74 Å². The van der Waals surface area contributed by atoms with Gasteiger partial charge in [0, 0.05) is 4.47 Å². The number of hydrogen-bond acceptors (Lipinski definition) is 3. The third-order valence-corrected chi connectivity index (χ3v) is 3.03. The van der Waals surface area contributed by atoms with E-state index < -0.39 is 0 Å². The zero-order chi connectivity index (χ0) is 11.9. The van der Waals surface area contributed by atoms with Crippen LogP contribution in [0.1, 0.15) is 21.7 Å². The number of carbonyl (C=O) groups excluding carboxylic acids is 1. The van der Waals surface area contributed by atoms with Crippen molar-refractivity contribution in [2.45, 2.75) is 13.8 Å². The Labute approximate surface area is 101 Å². The summed E-state index contributed by atoms with van der Waals surface area (Å²) in [5.41, 5.74) is 2.87. The van der Waals surface area contributed by atoms with Gasteiger partial charge in [0.15, 0.2) is 0 Å². The van der Waals surface area contributed by atoms with Crippen LogP contribution in [0.3, 0.4) is 0 Å². The van der Waals surface area contributed by atoms with E-state index in [0.29, 0.717) is 5.56 Å². The predicted octanol–water partition coefficient (Wildman–Crippen LogP) is 2.73. The molecule has 0 aliphatic rings. The number of aromatic amines is 1. The summed E-state index contributed by atoms with van der Waals surface area (Å²) < 4.78 is 5.64. The lowest BCUT2D eigenvalue weighted by atomic mass is 10.1. The van der Waals surface area contributed by atoms with E-state index >= 15 is 0 Å². The molecule has 0 bridgehead atoms. The van der Waals surface area contributed by atoms with Gasteiger partial charge in [-0.3, -0.25) is 0 Å². The smallest absolute Gasteiger partial charge is 0.340 e. The molecule has 0 fully saturated rings. The van der Waals surface area contributed by atoms with Crippen molar-refractivity contribution in [3.05, 3.63) is 27.5 Å². The Morgan fingerprint density at radius 1 is 1.50 bits per heavy atom. The first-order valence-electron chi connectivity index (χ1n) is 4.78. The molecule has 0 aliphatic carbocycles. The highest BCUT2D eigenvalue weighted by Gasteiger charge is 2.18. The number of fused-ring (bicyclic) bond motifs is 1. The highest BCUT2D eigenvalue weighted by molar-refractivity contribution is 9.10. The second-order valence-corrected chi connectivity index (χ2v) is 4.44. The summed E-state index contributed by atoms with van der Waals surface area (Å²) in [6.45, 7) is 3.72. The lowest BCUT2D eigenvalue weighted by Crippen LogP contribution is -2.05. The molecule has 0 radical (unpaired) electrons. The number of hydrogen-bond donors (Lipinski definition) is 1. The van der Waals surface area contributed by atoms with Crippen LogP contribution in [0.4, 0.5) is 0 Å². The van der Waals surface area contributed by atoms with Crippen molar-refractivity contribution >= 4 is 32.9 Å². The van der Waals surface area contributed by atoms with Crippen LogP contribution in [0, 0.1) is 13.8 Å². The Balaban J connectivity index is 2.86. The summed E-state index contributed by atoms with van der Waals surface area (Å²) in [5, 5.41) is 0.